The van der Waals surface area contributed by atoms with Gasteiger partial charge in [0.2, 0.25) is 0 Å². The number of hydrogen-bond donors (Lipinski definition) is 0. The minimum absolute atomic E-state index is 0.0333. The first-order valence-electron chi connectivity index (χ1n) is 8.36. The first-order valence-corrected chi connectivity index (χ1v) is 9.16. The number of benzene rings is 1. The first-order chi connectivity index (χ1) is 12.5. The number of fused-ring (bicyclic) bond motifs is 1. The summed E-state index contributed by atoms with van der Waals surface area (Å²) in [7, 11) is 0. The van der Waals surface area contributed by atoms with E-state index in [4.69, 9.17) is 9.15 Å². The highest BCUT2D eigenvalue weighted by Gasteiger charge is 2.33. The summed E-state index contributed by atoms with van der Waals surface area (Å²) in [6.45, 7) is 8.20. The highest BCUT2D eigenvalue weighted by molar-refractivity contribution is 9.10. The minimum Gasteiger partial charge on any atom is -0.444 e. The van der Waals surface area contributed by atoms with Crippen molar-refractivity contribution in [3.05, 3.63) is 21.9 Å². The van der Waals surface area contributed by atoms with Gasteiger partial charge in [0, 0.05) is 25.7 Å². The summed E-state index contributed by atoms with van der Waals surface area (Å²) < 4.78 is 51.8. The smallest absolute Gasteiger partial charge is 0.410 e. The Balaban J connectivity index is 1.84. The topological polar surface area (TPSA) is 58.8 Å². The molecule has 0 bridgehead atoms. The van der Waals surface area contributed by atoms with E-state index in [2.05, 4.69) is 20.9 Å². The van der Waals surface area contributed by atoms with Gasteiger partial charge < -0.3 is 19.0 Å². The van der Waals surface area contributed by atoms with Crippen LogP contribution in [0.25, 0.3) is 11.1 Å². The van der Waals surface area contributed by atoms with Gasteiger partial charge in [-0.1, -0.05) is 0 Å². The third-order valence-electron chi connectivity index (χ3n) is 4.13. The molecule has 148 valence electrons. The number of carbonyl (C=O) groups is 1. The number of rotatable bonds is 1. The van der Waals surface area contributed by atoms with E-state index in [1.54, 1.807) is 30.6 Å². The Morgan fingerprint density at radius 3 is 2.48 bits per heavy atom. The van der Waals surface area contributed by atoms with Crippen LogP contribution >= 0.6 is 15.9 Å². The summed E-state index contributed by atoms with van der Waals surface area (Å²) in [6.07, 6.45) is -0.426. The lowest BCUT2D eigenvalue weighted by Gasteiger charge is -2.39. The quantitative estimate of drug-likeness (QED) is 0.475. The van der Waals surface area contributed by atoms with Gasteiger partial charge in [0.25, 0.3) is 6.01 Å². The number of nitrogens with zero attached hydrogens (tertiary/aromatic N) is 3. The van der Waals surface area contributed by atoms with E-state index in [-0.39, 0.29) is 22.1 Å². The summed E-state index contributed by atoms with van der Waals surface area (Å²) in [5, 5.41) is 0. The molecule has 1 aromatic heterocycles. The maximum atomic E-state index is 14.0. The fraction of sp³-hybridized carbons (Fsp3) is 0.529. The van der Waals surface area contributed by atoms with Crippen LogP contribution in [-0.2, 0) is 4.74 Å². The summed E-state index contributed by atoms with van der Waals surface area (Å²) in [4.78, 5) is 19.5. The number of anilines is 1. The Morgan fingerprint density at radius 2 is 1.89 bits per heavy atom. The van der Waals surface area contributed by atoms with Crippen molar-refractivity contribution in [3.63, 3.8) is 0 Å². The zero-order chi connectivity index (χ0) is 20.1. The van der Waals surface area contributed by atoms with Crippen LogP contribution in [0.15, 0.2) is 8.89 Å². The predicted octanol–water partition coefficient (Wildman–Crippen LogP) is 4.45. The average molecular weight is 450 g/mol. The fourth-order valence-electron chi connectivity index (χ4n) is 2.86. The molecule has 0 N–H and O–H groups in total. The summed E-state index contributed by atoms with van der Waals surface area (Å²) in [6, 6.07) is -0.193. The monoisotopic (exact) mass is 449 g/mol. The van der Waals surface area contributed by atoms with Crippen molar-refractivity contribution >= 4 is 39.1 Å². The van der Waals surface area contributed by atoms with Crippen molar-refractivity contribution in [1.29, 1.82) is 0 Å². The normalized spacial score (nSPS) is 18.3. The number of aromatic nitrogens is 1. The standard InChI is InChI=1S/C17H19BrF3N3O3/c1-8-7-23(16(25)27-17(2,3)4)5-6-24(8)15-22-13-12(21)11(20)10(19)9(18)14(13)26-15/h8H,5-7H2,1-4H3. The van der Waals surface area contributed by atoms with E-state index < -0.39 is 34.7 Å². The van der Waals surface area contributed by atoms with Gasteiger partial charge in [0.15, 0.2) is 28.6 Å². The Kier molecular flexibility index (Phi) is 5.04. The number of piperazine rings is 1. The van der Waals surface area contributed by atoms with Crippen LogP contribution < -0.4 is 4.90 Å². The molecule has 0 saturated carbocycles. The van der Waals surface area contributed by atoms with E-state index in [1.807, 2.05) is 6.92 Å². The first kappa shape index (κ1) is 19.8. The summed E-state index contributed by atoms with van der Waals surface area (Å²) >= 11 is 2.87. The second-order valence-electron chi connectivity index (χ2n) is 7.40. The molecule has 1 fully saturated rings. The second kappa shape index (κ2) is 6.88. The lowest BCUT2D eigenvalue weighted by molar-refractivity contribution is 0.0216. The lowest BCUT2D eigenvalue weighted by Crippen LogP contribution is -2.54. The molecule has 1 saturated heterocycles. The van der Waals surface area contributed by atoms with Gasteiger partial charge in [-0.2, -0.15) is 4.98 Å². The number of halogens is 4. The molecule has 1 aliphatic heterocycles. The van der Waals surface area contributed by atoms with Gasteiger partial charge >= 0.3 is 6.09 Å². The van der Waals surface area contributed by atoms with E-state index in [0.717, 1.165) is 0 Å². The number of hydrogen-bond acceptors (Lipinski definition) is 5. The number of carbonyl (C=O) groups excluding carboxylic acids is 1. The van der Waals surface area contributed by atoms with Crippen molar-refractivity contribution in [2.75, 3.05) is 24.5 Å². The van der Waals surface area contributed by atoms with Crippen LogP contribution in [0.4, 0.5) is 24.0 Å². The molecule has 1 aliphatic rings. The fourth-order valence-corrected chi connectivity index (χ4v) is 3.30. The minimum atomic E-state index is -1.61. The van der Waals surface area contributed by atoms with E-state index >= 15 is 0 Å². The molecule has 0 aliphatic carbocycles. The molecule has 1 amide bonds. The van der Waals surface area contributed by atoms with E-state index in [0.29, 0.717) is 19.6 Å². The van der Waals surface area contributed by atoms with Crippen molar-refractivity contribution in [2.24, 2.45) is 0 Å². The number of oxazole rings is 1. The molecule has 1 atom stereocenters. The molecular formula is C17H19BrF3N3O3. The van der Waals surface area contributed by atoms with Gasteiger partial charge in [-0.25, -0.2) is 18.0 Å². The Bertz CT molecular complexity index is 852. The maximum Gasteiger partial charge on any atom is 0.410 e. The van der Waals surface area contributed by atoms with Crippen LogP contribution in [0.1, 0.15) is 27.7 Å². The van der Waals surface area contributed by atoms with Gasteiger partial charge in [0.1, 0.15) is 10.1 Å². The molecule has 10 heteroatoms. The lowest BCUT2D eigenvalue weighted by atomic mass is 10.2. The van der Waals surface area contributed by atoms with Crippen molar-refractivity contribution in [1.82, 2.24) is 9.88 Å². The van der Waals surface area contributed by atoms with Crippen molar-refractivity contribution in [3.8, 4) is 0 Å². The SMILES string of the molecule is CC1CN(C(=O)OC(C)(C)C)CCN1c1nc2c(F)c(F)c(F)c(Br)c2o1. The molecule has 2 heterocycles. The Labute approximate surface area is 162 Å². The predicted molar refractivity (Wildman–Crippen MR) is 96.2 cm³/mol. The molecule has 27 heavy (non-hydrogen) atoms. The van der Waals surface area contributed by atoms with Crippen LogP contribution in [0.2, 0.25) is 0 Å². The van der Waals surface area contributed by atoms with Gasteiger partial charge in [0.05, 0.1) is 0 Å². The Morgan fingerprint density at radius 1 is 1.22 bits per heavy atom. The Hall–Kier alpha value is -1.97. The molecular weight excluding hydrogens is 431 g/mol. The van der Waals surface area contributed by atoms with E-state index in [1.165, 1.54) is 0 Å². The maximum absolute atomic E-state index is 14.0. The zero-order valence-electron chi connectivity index (χ0n) is 15.3. The average Bonchev–Trinajstić information content (AvgIpc) is 3.01. The molecule has 2 aromatic rings. The highest BCUT2D eigenvalue weighted by atomic mass is 79.9. The van der Waals surface area contributed by atoms with Gasteiger partial charge in [-0.3, -0.25) is 0 Å². The molecule has 3 rings (SSSR count). The van der Waals surface area contributed by atoms with Gasteiger partial charge in [-0.05, 0) is 43.6 Å². The largest absolute Gasteiger partial charge is 0.444 e. The zero-order valence-corrected chi connectivity index (χ0v) is 16.9. The van der Waals surface area contributed by atoms with Crippen LogP contribution in [0.5, 0.6) is 0 Å². The number of amides is 1. The molecule has 0 spiro atoms. The molecule has 0 radical (unpaired) electrons. The molecule has 1 unspecified atom stereocenters. The molecule has 6 nitrogen and oxygen atoms in total. The highest BCUT2D eigenvalue weighted by Crippen LogP contribution is 2.35. The van der Waals surface area contributed by atoms with E-state index in [9.17, 15) is 18.0 Å². The van der Waals surface area contributed by atoms with Crippen LogP contribution in [0.3, 0.4) is 0 Å². The number of ether oxygens (including phenoxy) is 1. The second-order valence-corrected chi connectivity index (χ2v) is 8.19. The van der Waals surface area contributed by atoms with Crippen molar-refractivity contribution in [2.45, 2.75) is 39.3 Å². The summed E-state index contributed by atoms with van der Waals surface area (Å²) in [5.74, 6) is -4.39. The summed E-state index contributed by atoms with van der Waals surface area (Å²) in [5.41, 5.74) is -1.20. The third kappa shape index (κ3) is 3.71. The third-order valence-corrected chi connectivity index (χ3v) is 4.83. The van der Waals surface area contributed by atoms with Crippen molar-refractivity contribution < 1.29 is 27.1 Å². The van der Waals surface area contributed by atoms with Crippen LogP contribution in [-0.4, -0.2) is 47.3 Å². The molecule has 1 aromatic carbocycles. The van der Waals surface area contributed by atoms with Crippen LogP contribution in [0, 0.1) is 17.5 Å². The van der Waals surface area contributed by atoms with Gasteiger partial charge in [-0.15, -0.1) is 0 Å².